The van der Waals surface area contributed by atoms with Crippen LogP contribution in [0.4, 0.5) is 0 Å². The molecule has 24 heavy (non-hydrogen) atoms. The van der Waals surface area contributed by atoms with E-state index in [1.165, 1.54) is 0 Å². The molecule has 0 aliphatic carbocycles. The van der Waals surface area contributed by atoms with Gasteiger partial charge in [-0.05, 0) is 23.6 Å². The van der Waals surface area contributed by atoms with Crippen molar-refractivity contribution in [2.45, 2.75) is 19.4 Å². The Morgan fingerprint density at radius 2 is 1.58 bits per heavy atom. The number of carbonyl (C=O) groups is 2. The number of hydrogen-bond donors (Lipinski definition) is 2. The van der Waals surface area contributed by atoms with Crippen molar-refractivity contribution in [3.8, 4) is 5.75 Å². The minimum Gasteiger partial charge on any atom is -0.496 e. The Morgan fingerprint density at radius 1 is 0.917 bits per heavy atom. The van der Waals surface area contributed by atoms with Crippen molar-refractivity contribution in [3.05, 3.63) is 65.7 Å². The van der Waals surface area contributed by atoms with Gasteiger partial charge < -0.3 is 15.4 Å². The summed E-state index contributed by atoms with van der Waals surface area (Å²) in [4.78, 5) is 23.6. The molecular formula is C19H22N2O3. The van der Waals surface area contributed by atoms with Crippen molar-refractivity contribution in [1.82, 2.24) is 10.6 Å². The Labute approximate surface area is 142 Å². The van der Waals surface area contributed by atoms with Crippen molar-refractivity contribution in [2.75, 3.05) is 13.7 Å². The van der Waals surface area contributed by atoms with Gasteiger partial charge in [-0.1, -0.05) is 48.5 Å². The van der Waals surface area contributed by atoms with Gasteiger partial charge in [-0.3, -0.25) is 9.59 Å². The van der Waals surface area contributed by atoms with Crippen molar-refractivity contribution < 1.29 is 14.3 Å². The molecule has 0 aliphatic heterocycles. The number of amides is 2. The number of benzene rings is 2. The molecule has 0 heterocycles. The zero-order chi connectivity index (χ0) is 17.2. The second kappa shape index (κ2) is 9.35. The molecule has 0 spiro atoms. The first-order chi connectivity index (χ1) is 11.7. The lowest BCUT2D eigenvalue weighted by molar-refractivity contribution is -0.129. The minimum atomic E-state index is -0.284. The Bertz CT molecular complexity index is 671. The zero-order valence-corrected chi connectivity index (χ0v) is 13.7. The highest BCUT2D eigenvalue weighted by atomic mass is 16.5. The molecule has 0 aliphatic rings. The molecule has 0 aromatic heterocycles. The summed E-state index contributed by atoms with van der Waals surface area (Å²) in [7, 11) is 1.62. The molecule has 2 aromatic rings. The summed E-state index contributed by atoms with van der Waals surface area (Å²) >= 11 is 0. The van der Waals surface area contributed by atoms with Crippen molar-refractivity contribution in [3.63, 3.8) is 0 Å². The fourth-order valence-electron chi connectivity index (χ4n) is 2.31. The van der Waals surface area contributed by atoms with Gasteiger partial charge in [0.15, 0.2) is 0 Å². The number of ether oxygens (including phenoxy) is 1. The molecule has 0 saturated carbocycles. The highest BCUT2D eigenvalue weighted by Gasteiger charge is 2.09. The van der Waals surface area contributed by atoms with E-state index in [0.717, 1.165) is 16.9 Å². The lowest BCUT2D eigenvalue weighted by Crippen LogP contribution is -2.32. The fraction of sp³-hybridized carbons (Fsp3) is 0.263. The summed E-state index contributed by atoms with van der Waals surface area (Å²) in [6.45, 7) is 0.888. The standard InChI is InChI=1S/C19H22N2O3/c1-24-17-10-6-5-9-16(17)11-12-20-18(22)13-19(23)21-14-15-7-3-2-4-8-15/h2-10H,11-14H2,1H3,(H,20,22)(H,21,23). The second-order valence-corrected chi connectivity index (χ2v) is 5.35. The van der Waals surface area contributed by atoms with Gasteiger partial charge in [0.25, 0.3) is 0 Å². The number of carbonyl (C=O) groups excluding carboxylic acids is 2. The van der Waals surface area contributed by atoms with E-state index < -0.39 is 0 Å². The third-order valence-electron chi connectivity index (χ3n) is 3.56. The van der Waals surface area contributed by atoms with Crippen LogP contribution in [0.5, 0.6) is 5.75 Å². The van der Waals surface area contributed by atoms with Crippen molar-refractivity contribution >= 4 is 11.8 Å². The maximum absolute atomic E-state index is 11.8. The van der Waals surface area contributed by atoms with Crippen LogP contribution in [0.25, 0.3) is 0 Å². The van der Waals surface area contributed by atoms with E-state index in [4.69, 9.17) is 4.74 Å². The zero-order valence-electron chi connectivity index (χ0n) is 13.7. The lowest BCUT2D eigenvalue weighted by Gasteiger charge is -2.09. The van der Waals surface area contributed by atoms with Crippen LogP contribution in [0.1, 0.15) is 17.5 Å². The van der Waals surface area contributed by atoms with Crippen LogP contribution in [0, 0.1) is 0 Å². The van der Waals surface area contributed by atoms with Gasteiger partial charge in [-0.25, -0.2) is 0 Å². The van der Waals surface area contributed by atoms with Gasteiger partial charge in [0.2, 0.25) is 11.8 Å². The SMILES string of the molecule is COc1ccccc1CCNC(=O)CC(=O)NCc1ccccc1. The van der Waals surface area contributed by atoms with E-state index in [1.807, 2.05) is 54.6 Å². The van der Waals surface area contributed by atoms with Crippen LogP contribution < -0.4 is 15.4 Å². The third-order valence-corrected chi connectivity index (χ3v) is 3.56. The second-order valence-electron chi connectivity index (χ2n) is 5.35. The highest BCUT2D eigenvalue weighted by molar-refractivity contribution is 5.96. The minimum absolute atomic E-state index is 0.168. The molecule has 2 N–H and O–H groups in total. The highest BCUT2D eigenvalue weighted by Crippen LogP contribution is 2.17. The van der Waals surface area contributed by atoms with Gasteiger partial charge in [-0.2, -0.15) is 0 Å². The molecule has 2 rings (SSSR count). The molecular weight excluding hydrogens is 304 g/mol. The van der Waals surface area contributed by atoms with Crippen molar-refractivity contribution in [2.24, 2.45) is 0 Å². The van der Waals surface area contributed by atoms with Crippen LogP contribution in [-0.4, -0.2) is 25.5 Å². The van der Waals surface area contributed by atoms with Gasteiger partial charge in [0, 0.05) is 13.1 Å². The fourth-order valence-corrected chi connectivity index (χ4v) is 2.31. The number of para-hydroxylation sites is 1. The first kappa shape index (κ1) is 17.5. The van der Waals surface area contributed by atoms with Gasteiger partial charge >= 0.3 is 0 Å². The average Bonchev–Trinajstić information content (AvgIpc) is 2.61. The molecule has 0 bridgehead atoms. The largest absolute Gasteiger partial charge is 0.496 e. The van der Waals surface area contributed by atoms with E-state index in [2.05, 4.69) is 10.6 Å². The molecule has 0 atom stereocenters. The summed E-state index contributed by atoms with van der Waals surface area (Å²) in [5.74, 6) is 0.233. The topological polar surface area (TPSA) is 67.4 Å². The number of methoxy groups -OCH3 is 1. The Kier molecular flexibility index (Phi) is 6.83. The van der Waals surface area contributed by atoms with Crippen LogP contribution >= 0.6 is 0 Å². The molecule has 5 heteroatoms. The number of rotatable bonds is 8. The van der Waals surface area contributed by atoms with Crippen molar-refractivity contribution in [1.29, 1.82) is 0 Å². The molecule has 0 saturated heterocycles. The van der Waals surface area contributed by atoms with E-state index in [1.54, 1.807) is 7.11 Å². The third kappa shape index (κ3) is 5.76. The van der Waals surface area contributed by atoms with Crippen LogP contribution in [-0.2, 0) is 22.6 Å². The van der Waals surface area contributed by atoms with Crippen LogP contribution in [0.3, 0.4) is 0 Å². The first-order valence-corrected chi connectivity index (χ1v) is 7.88. The molecule has 0 radical (unpaired) electrons. The molecule has 0 fully saturated rings. The number of nitrogens with one attached hydrogen (secondary N) is 2. The monoisotopic (exact) mass is 326 g/mol. The smallest absolute Gasteiger partial charge is 0.229 e. The predicted molar refractivity (Wildman–Crippen MR) is 92.6 cm³/mol. The Balaban J connectivity index is 1.68. The predicted octanol–water partition coefficient (Wildman–Crippen LogP) is 2.06. The summed E-state index contributed by atoms with van der Waals surface area (Å²) in [6, 6.07) is 17.3. The van der Waals surface area contributed by atoms with E-state index >= 15 is 0 Å². The maximum Gasteiger partial charge on any atom is 0.229 e. The van der Waals surface area contributed by atoms with Gasteiger partial charge in [0.1, 0.15) is 12.2 Å². The van der Waals surface area contributed by atoms with Gasteiger partial charge in [0.05, 0.1) is 7.11 Å². The van der Waals surface area contributed by atoms with Crippen LogP contribution in [0.2, 0.25) is 0 Å². The van der Waals surface area contributed by atoms with E-state index in [-0.39, 0.29) is 18.2 Å². The lowest BCUT2D eigenvalue weighted by atomic mass is 10.1. The molecule has 2 aromatic carbocycles. The number of hydrogen-bond acceptors (Lipinski definition) is 3. The van der Waals surface area contributed by atoms with E-state index in [0.29, 0.717) is 19.5 Å². The van der Waals surface area contributed by atoms with E-state index in [9.17, 15) is 9.59 Å². The summed E-state index contributed by atoms with van der Waals surface area (Å²) in [5, 5.41) is 5.49. The quantitative estimate of drug-likeness (QED) is 0.730. The summed E-state index contributed by atoms with van der Waals surface area (Å²) in [6.07, 6.45) is 0.486. The Morgan fingerprint density at radius 3 is 2.33 bits per heavy atom. The van der Waals surface area contributed by atoms with Crippen LogP contribution in [0.15, 0.2) is 54.6 Å². The maximum atomic E-state index is 11.8. The summed E-state index contributed by atoms with van der Waals surface area (Å²) < 4.78 is 5.26. The molecule has 126 valence electrons. The normalized spacial score (nSPS) is 10.0. The summed E-state index contributed by atoms with van der Waals surface area (Å²) in [5.41, 5.74) is 2.02. The average molecular weight is 326 g/mol. The van der Waals surface area contributed by atoms with Gasteiger partial charge in [-0.15, -0.1) is 0 Å². The Hall–Kier alpha value is -2.82. The first-order valence-electron chi connectivity index (χ1n) is 7.88. The molecule has 0 unspecified atom stereocenters. The molecule has 5 nitrogen and oxygen atoms in total. The molecule has 2 amide bonds.